The fourth-order valence-corrected chi connectivity index (χ4v) is 3.10. The molecule has 10 heteroatoms. The number of nitrogens with zero attached hydrogens (tertiary/aromatic N) is 1. The topological polar surface area (TPSA) is 89.0 Å². The van der Waals surface area contributed by atoms with Gasteiger partial charge in [-0.15, -0.1) is 0 Å². The summed E-state index contributed by atoms with van der Waals surface area (Å²) in [7, 11) is 1.48. The maximum absolute atomic E-state index is 13.6. The summed E-state index contributed by atoms with van der Waals surface area (Å²) in [5, 5.41) is 6.92. The molecule has 2 N–H and O–H groups in total. The summed E-state index contributed by atoms with van der Waals surface area (Å²) in [6, 6.07) is 15.6. The maximum atomic E-state index is 13.6. The van der Waals surface area contributed by atoms with Crippen LogP contribution in [0.2, 0.25) is 10.0 Å². The van der Waals surface area contributed by atoms with E-state index in [2.05, 4.69) is 15.8 Å². The molecular formula is C23H18Cl2FN3O4. The summed E-state index contributed by atoms with van der Waals surface area (Å²) in [4.78, 5) is 23.7. The summed E-state index contributed by atoms with van der Waals surface area (Å²) in [5.74, 6) is -1.88. The average Bonchev–Trinajstić information content (AvgIpc) is 2.80. The van der Waals surface area contributed by atoms with E-state index in [0.29, 0.717) is 27.1 Å². The number of anilines is 1. The smallest absolute Gasteiger partial charge is 0.329 e. The van der Waals surface area contributed by atoms with Crippen molar-refractivity contribution in [3.8, 4) is 11.5 Å². The second-order valence-electron chi connectivity index (χ2n) is 6.57. The molecule has 33 heavy (non-hydrogen) atoms. The van der Waals surface area contributed by atoms with E-state index >= 15 is 0 Å². The minimum absolute atomic E-state index is 0.109. The zero-order chi connectivity index (χ0) is 23.8. The molecule has 0 saturated heterocycles. The van der Waals surface area contributed by atoms with Crippen LogP contribution in [0.1, 0.15) is 11.1 Å². The standard InChI is InChI=1S/C23H18Cl2FN3O4/c1-32-21-10-14(6-9-20(21)33-13-15-7-8-16(24)11-17(15)25)12-27-29-23(31)22(30)28-19-5-3-2-4-18(19)26/h2-12H,13H2,1H3,(H,28,30)(H,29,31)/b27-12-. The van der Waals surface area contributed by atoms with Crippen molar-refractivity contribution in [2.45, 2.75) is 6.61 Å². The first-order chi connectivity index (χ1) is 15.9. The Balaban J connectivity index is 1.59. The van der Waals surface area contributed by atoms with Gasteiger partial charge >= 0.3 is 11.8 Å². The van der Waals surface area contributed by atoms with Crippen LogP contribution < -0.4 is 20.2 Å². The first-order valence-corrected chi connectivity index (χ1v) is 10.3. The molecule has 3 aromatic carbocycles. The Kier molecular flexibility index (Phi) is 8.23. The quantitative estimate of drug-likeness (QED) is 0.283. The lowest BCUT2D eigenvalue weighted by molar-refractivity contribution is -0.136. The number of para-hydroxylation sites is 1. The molecule has 0 bridgehead atoms. The number of benzene rings is 3. The van der Waals surface area contributed by atoms with E-state index < -0.39 is 17.6 Å². The van der Waals surface area contributed by atoms with Gasteiger partial charge in [-0.05, 0) is 48.0 Å². The van der Waals surface area contributed by atoms with Crippen molar-refractivity contribution in [3.63, 3.8) is 0 Å². The van der Waals surface area contributed by atoms with Crippen molar-refractivity contribution in [3.05, 3.63) is 87.7 Å². The van der Waals surface area contributed by atoms with E-state index in [9.17, 15) is 14.0 Å². The first kappa shape index (κ1) is 24.0. The molecule has 0 aliphatic rings. The number of carbonyl (C=O) groups excluding carboxylic acids is 2. The van der Waals surface area contributed by atoms with Crippen LogP contribution in [0.25, 0.3) is 0 Å². The van der Waals surface area contributed by atoms with Crippen LogP contribution in [-0.4, -0.2) is 25.1 Å². The number of methoxy groups -OCH3 is 1. The molecule has 0 heterocycles. The number of nitrogens with one attached hydrogen (secondary N) is 2. The highest BCUT2D eigenvalue weighted by Crippen LogP contribution is 2.29. The Bertz CT molecular complexity index is 1200. The predicted octanol–water partition coefficient (Wildman–Crippen LogP) is 4.81. The van der Waals surface area contributed by atoms with Gasteiger partial charge in [-0.3, -0.25) is 9.59 Å². The van der Waals surface area contributed by atoms with Crippen molar-refractivity contribution in [1.82, 2.24) is 5.43 Å². The molecule has 0 atom stereocenters. The van der Waals surface area contributed by atoms with Crippen molar-refractivity contribution in [1.29, 1.82) is 0 Å². The number of ether oxygens (including phenoxy) is 2. The third-order valence-corrected chi connectivity index (χ3v) is 4.88. The van der Waals surface area contributed by atoms with Gasteiger partial charge in [-0.2, -0.15) is 5.10 Å². The molecule has 0 aliphatic carbocycles. The Morgan fingerprint density at radius 1 is 1.03 bits per heavy atom. The van der Waals surface area contributed by atoms with Crippen LogP contribution >= 0.6 is 23.2 Å². The average molecular weight is 490 g/mol. The number of rotatable bonds is 7. The fraction of sp³-hybridized carbons (Fsp3) is 0.0870. The van der Waals surface area contributed by atoms with Crippen LogP contribution in [0.3, 0.4) is 0 Å². The van der Waals surface area contributed by atoms with Crippen molar-refractivity contribution in [2.24, 2.45) is 5.10 Å². The fourth-order valence-electron chi connectivity index (χ4n) is 2.64. The number of hydrogen-bond acceptors (Lipinski definition) is 5. The summed E-state index contributed by atoms with van der Waals surface area (Å²) in [6.45, 7) is 0.201. The molecule has 0 saturated carbocycles. The molecule has 0 fully saturated rings. The second-order valence-corrected chi connectivity index (χ2v) is 7.41. The zero-order valence-electron chi connectivity index (χ0n) is 17.3. The van der Waals surface area contributed by atoms with Crippen LogP contribution in [0.5, 0.6) is 11.5 Å². The normalized spacial score (nSPS) is 10.7. The van der Waals surface area contributed by atoms with E-state index in [-0.39, 0.29) is 12.3 Å². The number of amides is 2. The largest absolute Gasteiger partial charge is 0.493 e. The van der Waals surface area contributed by atoms with Gasteiger partial charge in [-0.25, -0.2) is 9.82 Å². The Morgan fingerprint density at radius 2 is 1.82 bits per heavy atom. The van der Waals surface area contributed by atoms with Crippen molar-refractivity contribution < 1.29 is 23.5 Å². The number of hydrogen-bond donors (Lipinski definition) is 2. The van der Waals surface area contributed by atoms with E-state index in [1.54, 1.807) is 36.4 Å². The molecule has 7 nitrogen and oxygen atoms in total. The highest BCUT2D eigenvalue weighted by Gasteiger charge is 2.14. The lowest BCUT2D eigenvalue weighted by atomic mass is 10.2. The van der Waals surface area contributed by atoms with E-state index in [4.69, 9.17) is 32.7 Å². The Hall–Kier alpha value is -3.62. The minimum Gasteiger partial charge on any atom is -0.493 e. The molecular weight excluding hydrogens is 472 g/mol. The SMILES string of the molecule is COc1cc(/C=N\NC(=O)C(=O)Nc2ccccc2F)ccc1OCc1ccc(Cl)cc1Cl. The van der Waals surface area contributed by atoms with E-state index in [1.807, 2.05) is 0 Å². The van der Waals surface area contributed by atoms with Gasteiger partial charge in [0, 0.05) is 15.6 Å². The summed E-state index contributed by atoms with van der Waals surface area (Å²) in [5.41, 5.74) is 3.29. The Morgan fingerprint density at radius 3 is 2.55 bits per heavy atom. The van der Waals surface area contributed by atoms with Crippen LogP contribution in [0.15, 0.2) is 65.8 Å². The molecule has 0 aliphatic heterocycles. The van der Waals surface area contributed by atoms with Gasteiger partial charge < -0.3 is 14.8 Å². The molecule has 0 radical (unpaired) electrons. The zero-order valence-corrected chi connectivity index (χ0v) is 18.8. The second kappa shape index (κ2) is 11.3. The van der Waals surface area contributed by atoms with Gasteiger partial charge in [0.1, 0.15) is 12.4 Å². The molecule has 2 amide bonds. The molecule has 3 aromatic rings. The summed E-state index contributed by atoms with van der Waals surface area (Å²) >= 11 is 12.1. The van der Waals surface area contributed by atoms with Gasteiger partial charge in [-0.1, -0.05) is 41.4 Å². The van der Waals surface area contributed by atoms with Crippen LogP contribution in [-0.2, 0) is 16.2 Å². The molecule has 3 rings (SSSR count). The monoisotopic (exact) mass is 489 g/mol. The van der Waals surface area contributed by atoms with Crippen molar-refractivity contribution >= 4 is 46.9 Å². The third kappa shape index (κ3) is 6.68. The lowest BCUT2D eigenvalue weighted by Gasteiger charge is -2.12. The van der Waals surface area contributed by atoms with Crippen molar-refractivity contribution in [2.75, 3.05) is 12.4 Å². The molecule has 170 valence electrons. The highest BCUT2D eigenvalue weighted by atomic mass is 35.5. The minimum atomic E-state index is -1.06. The van der Waals surface area contributed by atoms with Gasteiger partial charge in [0.05, 0.1) is 19.0 Å². The van der Waals surface area contributed by atoms with Gasteiger partial charge in [0.15, 0.2) is 11.5 Å². The van der Waals surface area contributed by atoms with Gasteiger partial charge in [0.25, 0.3) is 0 Å². The molecule has 0 unspecified atom stereocenters. The number of carbonyl (C=O) groups is 2. The van der Waals surface area contributed by atoms with Gasteiger partial charge in [0.2, 0.25) is 0 Å². The lowest BCUT2D eigenvalue weighted by Crippen LogP contribution is -2.32. The maximum Gasteiger partial charge on any atom is 0.329 e. The molecule has 0 aromatic heterocycles. The predicted molar refractivity (Wildman–Crippen MR) is 125 cm³/mol. The Labute approximate surface area is 199 Å². The summed E-state index contributed by atoms with van der Waals surface area (Å²) < 4.78 is 24.7. The summed E-state index contributed by atoms with van der Waals surface area (Å²) in [6.07, 6.45) is 1.32. The van der Waals surface area contributed by atoms with Crippen LogP contribution in [0.4, 0.5) is 10.1 Å². The third-order valence-electron chi connectivity index (χ3n) is 4.29. The van der Waals surface area contributed by atoms with E-state index in [1.165, 1.54) is 31.5 Å². The molecule has 0 spiro atoms. The highest BCUT2D eigenvalue weighted by molar-refractivity contribution is 6.39. The van der Waals surface area contributed by atoms with E-state index in [0.717, 1.165) is 11.6 Å². The number of hydrazone groups is 1. The van der Waals surface area contributed by atoms with Crippen LogP contribution in [0, 0.1) is 5.82 Å². The first-order valence-electron chi connectivity index (χ1n) is 9.51. The number of halogens is 3.